The average Bonchev–Trinajstić information content (AvgIpc) is 1.41. The quantitative estimate of drug-likeness (QED) is 0.265. The Labute approximate surface area is 80.9 Å². The zero-order valence-electron chi connectivity index (χ0n) is 4.27. The molecular weight excluding hydrogens is 103 g/mol. The first-order chi connectivity index (χ1) is 2.41. The zero-order chi connectivity index (χ0) is 4.12. The van der Waals surface area contributed by atoms with Gasteiger partial charge in [0.05, 0.1) is 0 Å². The molecule has 0 aromatic rings. The first-order valence-corrected chi connectivity index (χ1v) is 1.68. The van der Waals surface area contributed by atoms with Crippen LogP contribution >= 0.6 is 0 Å². The smallest absolute Gasteiger partial charge is 0.878 e. The largest absolute Gasteiger partial charge is 1.00 e. The van der Waals surface area contributed by atoms with Crippen molar-refractivity contribution in [1.82, 2.24) is 0 Å². The third-order valence-corrected chi connectivity index (χ3v) is 0.332. The summed E-state index contributed by atoms with van der Waals surface area (Å²) in [5, 5.41) is 9.35. The minimum atomic E-state index is 0. The van der Waals surface area contributed by atoms with Gasteiger partial charge in [0.25, 0.3) is 0 Å². The molecule has 2 heteroatoms. The van der Waals surface area contributed by atoms with E-state index in [2.05, 4.69) is 0 Å². The van der Waals surface area contributed by atoms with Gasteiger partial charge < -0.3 is 5.11 Å². The van der Waals surface area contributed by atoms with E-state index in [1.54, 1.807) is 6.08 Å². The van der Waals surface area contributed by atoms with Crippen LogP contribution < -0.4 is 56.5 Å². The fourth-order valence-corrected chi connectivity index (χ4v) is 0.0962. The molecular formula is C4H7KO. The van der Waals surface area contributed by atoms with E-state index in [0.29, 0.717) is 0 Å². The van der Waals surface area contributed by atoms with Crippen LogP contribution in [0.2, 0.25) is 0 Å². The van der Waals surface area contributed by atoms with Crippen LogP contribution in [0.4, 0.5) is 0 Å². The van der Waals surface area contributed by atoms with E-state index in [0.717, 1.165) is 12.7 Å². The van der Waals surface area contributed by atoms with Crippen molar-refractivity contribution in [2.75, 3.05) is 0 Å². The first kappa shape index (κ1) is 10.2. The van der Waals surface area contributed by atoms with Crippen molar-refractivity contribution in [3.63, 3.8) is 0 Å². The molecule has 0 aliphatic carbocycles. The third kappa shape index (κ3) is 8.95. The summed E-state index contributed by atoms with van der Waals surface area (Å²) in [4.78, 5) is 0. The molecule has 0 aliphatic heterocycles. The Morgan fingerprint density at radius 2 is 2.17 bits per heavy atom. The Hall–Kier alpha value is 1.18. The molecule has 1 nitrogen and oxygen atoms in total. The topological polar surface area (TPSA) is 23.1 Å². The van der Waals surface area contributed by atoms with Gasteiger partial charge >= 0.3 is 51.4 Å². The number of hydrogen-bond donors (Lipinski definition) is 0. The van der Waals surface area contributed by atoms with E-state index in [1.807, 2.05) is 6.92 Å². The summed E-state index contributed by atoms with van der Waals surface area (Å²) in [7, 11) is 0. The first-order valence-electron chi connectivity index (χ1n) is 1.68. The Kier molecular flexibility index (Phi) is 16.2. The van der Waals surface area contributed by atoms with E-state index in [1.165, 1.54) is 0 Å². The summed E-state index contributed by atoms with van der Waals surface area (Å²) in [6.45, 7) is 1.92. The molecule has 0 N–H and O–H groups in total. The molecule has 0 aromatic heterocycles. The van der Waals surface area contributed by atoms with E-state index in [9.17, 15) is 5.11 Å². The van der Waals surface area contributed by atoms with Gasteiger partial charge in [-0.1, -0.05) is 6.92 Å². The Morgan fingerprint density at radius 3 is 2.17 bits per heavy atom. The zero-order valence-corrected chi connectivity index (χ0v) is 7.39. The van der Waals surface area contributed by atoms with Crippen molar-refractivity contribution < 1.29 is 56.5 Å². The van der Waals surface area contributed by atoms with Crippen LogP contribution in [0.5, 0.6) is 0 Å². The van der Waals surface area contributed by atoms with Crippen molar-refractivity contribution in [2.24, 2.45) is 0 Å². The summed E-state index contributed by atoms with van der Waals surface area (Å²) in [5.74, 6) is 0. The van der Waals surface area contributed by atoms with Crippen molar-refractivity contribution in [3.05, 3.63) is 12.3 Å². The molecule has 0 aliphatic rings. The van der Waals surface area contributed by atoms with Crippen LogP contribution in [-0.4, -0.2) is 0 Å². The standard InChI is InChI=1S/C4H8O.K/c1-2-3-4-5;/h3-5H,2H2,1H3;/q;+1/p-1. The maximum Gasteiger partial charge on any atom is 1.00 e. The van der Waals surface area contributed by atoms with Gasteiger partial charge in [0.15, 0.2) is 0 Å². The Balaban J connectivity index is 0. The van der Waals surface area contributed by atoms with Crippen molar-refractivity contribution in [2.45, 2.75) is 13.3 Å². The van der Waals surface area contributed by atoms with E-state index in [-0.39, 0.29) is 51.4 Å². The third-order valence-electron chi connectivity index (χ3n) is 0.332. The van der Waals surface area contributed by atoms with Gasteiger partial charge in [0.1, 0.15) is 0 Å². The predicted octanol–water partition coefficient (Wildman–Crippen LogP) is -2.73. The maximum absolute atomic E-state index is 9.35. The van der Waals surface area contributed by atoms with Gasteiger partial charge in [-0.2, -0.15) is 6.26 Å². The Morgan fingerprint density at radius 1 is 1.67 bits per heavy atom. The van der Waals surface area contributed by atoms with Crippen LogP contribution in [0.15, 0.2) is 12.3 Å². The van der Waals surface area contributed by atoms with Gasteiger partial charge in [-0.3, -0.25) is 0 Å². The van der Waals surface area contributed by atoms with Crippen LogP contribution in [0.1, 0.15) is 13.3 Å². The van der Waals surface area contributed by atoms with Gasteiger partial charge in [-0.05, 0) is 6.42 Å². The van der Waals surface area contributed by atoms with E-state index < -0.39 is 0 Å². The summed E-state index contributed by atoms with van der Waals surface area (Å²) >= 11 is 0. The SMILES string of the molecule is CCC=C[O-].[K+]. The molecule has 30 valence electrons. The van der Waals surface area contributed by atoms with E-state index >= 15 is 0 Å². The van der Waals surface area contributed by atoms with Crippen molar-refractivity contribution in [1.29, 1.82) is 0 Å². The number of rotatable bonds is 1. The second-order valence-electron chi connectivity index (χ2n) is 0.780. The van der Waals surface area contributed by atoms with Crippen LogP contribution in [0.3, 0.4) is 0 Å². The molecule has 0 saturated carbocycles. The molecule has 0 fully saturated rings. The monoisotopic (exact) mass is 110 g/mol. The maximum atomic E-state index is 9.35. The number of allylic oxidation sites excluding steroid dienone is 1. The van der Waals surface area contributed by atoms with Crippen LogP contribution in [-0.2, 0) is 0 Å². The summed E-state index contributed by atoms with van der Waals surface area (Å²) in [5.41, 5.74) is 0. The number of hydrogen-bond acceptors (Lipinski definition) is 1. The molecule has 0 saturated heterocycles. The molecule has 0 bridgehead atoms. The fourth-order valence-electron chi connectivity index (χ4n) is 0.0962. The molecule has 6 heavy (non-hydrogen) atoms. The normalized spacial score (nSPS) is 8.17. The minimum Gasteiger partial charge on any atom is -0.878 e. The Bertz CT molecular complexity index is 34.5. The summed E-state index contributed by atoms with van der Waals surface area (Å²) in [6, 6.07) is 0. The van der Waals surface area contributed by atoms with Gasteiger partial charge in [0, 0.05) is 0 Å². The molecule has 0 amide bonds. The molecule has 0 atom stereocenters. The minimum absolute atomic E-state index is 0. The predicted molar refractivity (Wildman–Crippen MR) is 19.4 cm³/mol. The molecule has 0 aromatic carbocycles. The van der Waals surface area contributed by atoms with E-state index in [4.69, 9.17) is 0 Å². The molecule has 0 spiro atoms. The van der Waals surface area contributed by atoms with Gasteiger partial charge in [-0.25, -0.2) is 0 Å². The summed E-state index contributed by atoms with van der Waals surface area (Å²) in [6.07, 6.45) is 3.23. The fraction of sp³-hybridized carbons (Fsp3) is 0.500. The molecule has 0 rings (SSSR count). The second kappa shape index (κ2) is 9.49. The van der Waals surface area contributed by atoms with Crippen LogP contribution in [0.25, 0.3) is 0 Å². The molecule has 0 radical (unpaired) electrons. The second-order valence-corrected chi connectivity index (χ2v) is 0.780. The van der Waals surface area contributed by atoms with Gasteiger partial charge in [0.2, 0.25) is 0 Å². The van der Waals surface area contributed by atoms with Crippen molar-refractivity contribution >= 4 is 0 Å². The average molecular weight is 110 g/mol. The van der Waals surface area contributed by atoms with Crippen molar-refractivity contribution in [3.8, 4) is 0 Å². The van der Waals surface area contributed by atoms with Crippen LogP contribution in [0, 0.1) is 0 Å². The molecule has 0 unspecified atom stereocenters. The summed E-state index contributed by atoms with van der Waals surface area (Å²) < 4.78 is 0. The van der Waals surface area contributed by atoms with Gasteiger partial charge in [-0.15, -0.1) is 6.08 Å². The molecule has 0 heterocycles.